The maximum Gasteiger partial charge on any atom is 0.255 e. The molecule has 1 amide bonds. The average molecular weight is 322 g/mol. The number of carbonyl (C=O) groups is 1. The van der Waals surface area contributed by atoms with Crippen LogP contribution in [0.15, 0.2) is 42.5 Å². The lowest BCUT2D eigenvalue weighted by Gasteiger charge is -2.26. The van der Waals surface area contributed by atoms with E-state index >= 15 is 0 Å². The molecule has 0 spiro atoms. The largest absolute Gasteiger partial charge is 0.322 e. The number of amides is 1. The average Bonchev–Trinajstić information content (AvgIpc) is 2.55. The van der Waals surface area contributed by atoms with E-state index in [2.05, 4.69) is 28.4 Å². The summed E-state index contributed by atoms with van der Waals surface area (Å²) in [6.45, 7) is 7.36. The second kappa shape index (κ2) is 7.63. The van der Waals surface area contributed by atoms with Gasteiger partial charge in [0.2, 0.25) is 0 Å². The van der Waals surface area contributed by atoms with Crippen LogP contribution in [0, 0.1) is 13.8 Å². The van der Waals surface area contributed by atoms with Gasteiger partial charge in [-0.2, -0.15) is 0 Å². The van der Waals surface area contributed by atoms with E-state index in [0.29, 0.717) is 5.56 Å². The summed E-state index contributed by atoms with van der Waals surface area (Å²) >= 11 is 0. The number of rotatable bonds is 4. The Bertz CT molecular complexity index is 697. The van der Waals surface area contributed by atoms with E-state index in [-0.39, 0.29) is 5.91 Å². The van der Waals surface area contributed by atoms with Crippen LogP contribution in [0.5, 0.6) is 0 Å². The first-order valence-electron chi connectivity index (χ1n) is 8.81. The zero-order valence-corrected chi connectivity index (χ0v) is 14.6. The van der Waals surface area contributed by atoms with Gasteiger partial charge < -0.3 is 5.32 Å². The van der Waals surface area contributed by atoms with Gasteiger partial charge in [0.25, 0.3) is 5.91 Å². The summed E-state index contributed by atoms with van der Waals surface area (Å²) < 4.78 is 0. The quantitative estimate of drug-likeness (QED) is 0.896. The highest BCUT2D eigenvalue weighted by atomic mass is 16.1. The third-order valence-corrected chi connectivity index (χ3v) is 4.52. The van der Waals surface area contributed by atoms with E-state index in [4.69, 9.17) is 0 Å². The van der Waals surface area contributed by atoms with Gasteiger partial charge in [0.1, 0.15) is 0 Å². The molecule has 0 atom stereocenters. The van der Waals surface area contributed by atoms with Gasteiger partial charge in [0.05, 0.1) is 0 Å². The molecule has 1 N–H and O–H groups in total. The Balaban J connectivity index is 1.68. The molecular formula is C21H26N2O. The molecule has 1 fully saturated rings. The molecule has 3 heteroatoms. The highest BCUT2D eigenvalue weighted by Crippen LogP contribution is 2.17. The zero-order valence-electron chi connectivity index (χ0n) is 14.6. The van der Waals surface area contributed by atoms with Gasteiger partial charge in [-0.1, -0.05) is 35.7 Å². The maximum atomic E-state index is 12.5. The number of hydrogen-bond donors (Lipinski definition) is 1. The highest BCUT2D eigenvalue weighted by molar-refractivity contribution is 6.04. The van der Waals surface area contributed by atoms with Crippen molar-refractivity contribution in [3.8, 4) is 0 Å². The number of benzene rings is 2. The van der Waals surface area contributed by atoms with Crippen LogP contribution in [0.4, 0.5) is 5.69 Å². The van der Waals surface area contributed by atoms with Crippen LogP contribution < -0.4 is 5.32 Å². The Morgan fingerprint density at radius 2 is 1.71 bits per heavy atom. The number of hydrogen-bond acceptors (Lipinski definition) is 2. The summed E-state index contributed by atoms with van der Waals surface area (Å²) in [6, 6.07) is 14.2. The Labute approximate surface area is 144 Å². The van der Waals surface area contributed by atoms with Crippen molar-refractivity contribution in [1.29, 1.82) is 0 Å². The molecule has 3 rings (SSSR count). The molecule has 0 unspecified atom stereocenters. The van der Waals surface area contributed by atoms with Crippen LogP contribution in [-0.4, -0.2) is 23.9 Å². The third-order valence-electron chi connectivity index (χ3n) is 4.52. The smallest absolute Gasteiger partial charge is 0.255 e. The Morgan fingerprint density at radius 1 is 1.00 bits per heavy atom. The molecular weight excluding hydrogens is 296 g/mol. The second-order valence-electron chi connectivity index (χ2n) is 6.87. The number of carbonyl (C=O) groups excluding carboxylic acids is 1. The summed E-state index contributed by atoms with van der Waals surface area (Å²) in [5.41, 5.74) is 5.07. The van der Waals surface area contributed by atoms with Gasteiger partial charge in [-0.05, 0) is 69.6 Å². The predicted molar refractivity (Wildman–Crippen MR) is 99.4 cm³/mol. The number of nitrogens with one attached hydrogen (secondary N) is 1. The van der Waals surface area contributed by atoms with Crippen molar-refractivity contribution in [3.63, 3.8) is 0 Å². The van der Waals surface area contributed by atoms with Crippen LogP contribution >= 0.6 is 0 Å². The van der Waals surface area contributed by atoms with Gasteiger partial charge in [0, 0.05) is 17.8 Å². The summed E-state index contributed by atoms with van der Waals surface area (Å²) in [4.78, 5) is 15.0. The number of anilines is 1. The minimum Gasteiger partial charge on any atom is -0.322 e. The SMILES string of the molecule is Cc1cc(C)cc(C(=O)Nc2cccc(CN3CCCCC3)c2)c1. The van der Waals surface area contributed by atoms with Crippen LogP contribution in [0.1, 0.15) is 46.3 Å². The Hall–Kier alpha value is -2.13. The first kappa shape index (κ1) is 16.7. The first-order chi connectivity index (χ1) is 11.6. The zero-order chi connectivity index (χ0) is 16.9. The topological polar surface area (TPSA) is 32.3 Å². The van der Waals surface area contributed by atoms with Crippen LogP contribution in [0.3, 0.4) is 0 Å². The van der Waals surface area contributed by atoms with Crippen LogP contribution in [-0.2, 0) is 6.54 Å². The Kier molecular flexibility index (Phi) is 5.31. The van der Waals surface area contributed by atoms with Crippen molar-refractivity contribution < 1.29 is 4.79 Å². The molecule has 1 aliphatic rings. The van der Waals surface area contributed by atoms with E-state index in [9.17, 15) is 4.79 Å². The molecule has 3 nitrogen and oxygen atoms in total. The number of aryl methyl sites for hydroxylation is 2. The van der Waals surface area contributed by atoms with E-state index in [1.54, 1.807) is 0 Å². The van der Waals surface area contributed by atoms with E-state index in [1.165, 1.54) is 37.9 Å². The van der Waals surface area contributed by atoms with Gasteiger partial charge in [0.15, 0.2) is 0 Å². The van der Waals surface area contributed by atoms with Crippen molar-refractivity contribution in [2.45, 2.75) is 39.7 Å². The van der Waals surface area contributed by atoms with Crippen molar-refractivity contribution in [1.82, 2.24) is 4.90 Å². The van der Waals surface area contributed by atoms with E-state index < -0.39 is 0 Å². The first-order valence-corrected chi connectivity index (χ1v) is 8.81. The molecule has 0 radical (unpaired) electrons. The van der Waals surface area contributed by atoms with Crippen molar-refractivity contribution in [2.24, 2.45) is 0 Å². The molecule has 24 heavy (non-hydrogen) atoms. The third kappa shape index (κ3) is 4.45. The molecule has 0 saturated carbocycles. The Morgan fingerprint density at radius 3 is 2.42 bits per heavy atom. The minimum absolute atomic E-state index is 0.0445. The predicted octanol–water partition coefficient (Wildman–Crippen LogP) is 4.54. The molecule has 0 bridgehead atoms. The van der Waals surface area contributed by atoms with Gasteiger partial charge in [-0.25, -0.2) is 0 Å². The monoisotopic (exact) mass is 322 g/mol. The van der Waals surface area contributed by atoms with Crippen molar-refractivity contribution >= 4 is 11.6 Å². The number of nitrogens with zero attached hydrogens (tertiary/aromatic N) is 1. The summed E-state index contributed by atoms with van der Waals surface area (Å²) in [7, 11) is 0. The molecule has 1 heterocycles. The van der Waals surface area contributed by atoms with E-state index in [1.807, 2.05) is 38.1 Å². The van der Waals surface area contributed by atoms with Crippen LogP contribution in [0.2, 0.25) is 0 Å². The second-order valence-corrected chi connectivity index (χ2v) is 6.87. The maximum absolute atomic E-state index is 12.5. The number of likely N-dealkylation sites (tertiary alicyclic amines) is 1. The minimum atomic E-state index is -0.0445. The highest BCUT2D eigenvalue weighted by Gasteiger charge is 2.11. The van der Waals surface area contributed by atoms with E-state index in [0.717, 1.165) is 23.4 Å². The summed E-state index contributed by atoms with van der Waals surface area (Å²) in [6.07, 6.45) is 3.94. The van der Waals surface area contributed by atoms with Gasteiger partial charge in [-0.15, -0.1) is 0 Å². The fourth-order valence-electron chi connectivity index (χ4n) is 3.43. The molecule has 126 valence electrons. The summed E-state index contributed by atoms with van der Waals surface area (Å²) in [5, 5.41) is 3.03. The fraction of sp³-hybridized carbons (Fsp3) is 0.381. The molecule has 0 aliphatic carbocycles. The standard InChI is InChI=1S/C21H26N2O/c1-16-11-17(2)13-19(12-16)21(24)22-20-8-6-7-18(14-20)15-23-9-4-3-5-10-23/h6-8,11-14H,3-5,9-10,15H2,1-2H3,(H,22,24). The molecule has 1 aliphatic heterocycles. The number of piperidine rings is 1. The summed E-state index contributed by atoms with van der Waals surface area (Å²) in [5.74, 6) is -0.0445. The van der Waals surface area contributed by atoms with Crippen molar-refractivity contribution in [3.05, 3.63) is 64.7 Å². The lowest BCUT2D eigenvalue weighted by Crippen LogP contribution is -2.29. The normalized spacial score (nSPS) is 15.2. The van der Waals surface area contributed by atoms with Gasteiger partial charge >= 0.3 is 0 Å². The fourth-order valence-corrected chi connectivity index (χ4v) is 3.43. The lowest BCUT2D eigenvalue weighted by atomic mass is 10.1. The molecule has 0 aromatic heterocycles. The molecule has 1 saturated heterocycles. The lowest BCUT2D eigenvalue weighted by molar-refractivity contribution is 0.102. The van der Waals surface area contributed by atoms with Crippen molar-refractivity contribution in [2.75, 3.05) is 18.4 Å². The molecule has 2 aromatic rings. The van der Waals surface area contributed by atoms with Crippen LogP contribution in [0.25, 0.3) is 0 Å². The molecule has 2 aromatic carbocycles. The van der Waals surface area contributed by atoms with Gasteiger partial charge in [-0.3, -0.25) is 9.69 Å².